The summed E-state index contributed by atoms with van der Waals surface area (Å²) in [6.45, 7) is 1.58. The minimum Gasteiger partial charge on any atom is -0.454 e. The van der Waals surface area contributed by atoms with E-state index >= 15 is 0 Å². The maximum Gasteiger partial charge on any atom is 0.231 e. The van der Waals surface area contributed by atoms with Gasteiger partial charge < -0.3 is 14.6 Å². The summed E-state index contributed by atoms with van der Waals surface area (Å²) in [6.07, 6.45) is -2.40. The van der Waals surface area contributed by atoms with E-state index in [4.69, 9.17) is 14.6 Å². The van der Waals surface area contributed by atoms with Gasteiger partial charge in [0.1, 0.15) is 0 Å². The molecule has 0 fully saturated rings. The van der Waals surface area contributed by atoms with Crippen LogP contribution in [0.2, 0.25) is 0 Å². The minimum absolute atomic E-state index is 0.171. The molecular weight excluding hydrogens is 187 g/mol. The molecule has 4 heteroatoms. The number of hydrogen-bond acceptors (Lipinski definition) is 3. The number of alkyl halides is 1. The van der Waals surface area contributed by atoms with Crippen molar-refractivity contribution >= 4 is 0 Å². The molecule has 2 atom stereocenters. The zero-order valence-electron chi connectivity index (χ0n) is 7.74. The third-order valence-corrected chi connectivity index (χ3v) is 2.14. The van der Waals surface area contributed by atoms with E-state index in [9.17, 15) is 4.39 Å². The van der Waals surface area contributed by atoms with Gasteiger partial charge in [-0.1, -0.05) is 6.07 Å². The molecule has 0 saturated heterocycles. The molecule has 0 amide bonds. The first-order valence-electron chi connectivity index (χ1n) is 4.40. The highest BCUT2D eigenvalue weighted by Crippen LogP contribution is 2.35. The Labute approximate surface area is 81.1 Å². The lowest BCUT2D eigenvalue weighted by Gasteiger charge is -2.11. The van der Waals surface area contributed by atoms with Crippen LogP contribution < -0.4 is 9.47 Å². The van der Waals surface area contributed by atoms with Crippen molar-refractivity contribution in [2.75, 3.05) is 6.79 Å². The van der Waals surface area contributed by atoms with Gasteiger partial charge in [-0.05, 0) is 24.6 Å². The largest absolute Gasteiger partial charge is 0.454 e. The van der Waals surface area contributed by atoms with Gasteiger partial charge in [-0.25, -0.2) is 4.39 Å². The van der Waals surface area contributed by atoms with Crippen molar-refractivity contribution in [3.05, 3.63) is 23.8 Å². The van der Waals surface area contributed by atoms with Crippen LogP contribution in [0, 0.1) is 0 Å². The van der Waals surface area contributed by atoms with E-state index in [-0.39, 0.29) is 6.79 Å². The van der Waals surface area contributed by atoms with Crippen molar-refractivity contribution < 1.29 is 19.0 Å². The van der Waals surface area contributed by atoms with Crippen molar-refractivity contribution in [3.63, 3.8) is 0 Å². The van der Waals surface area contributed by atoms with Gasteiger partial charge in [0.15, 0.2) is 17.7 Å². The fourth-order valence-electron chi connectivity index (χ4n) is 1.36. The molecule has 2 rings (SSSR count). The van der Waals surface area contributed by atoms with Gasteiger partial charge in [0, 0.05) is 0 Å². The average Bonchev–Trinajstić information content (AvgIpc) is 2.62. The smallest absolute Gasteiger partial charge is 0.231 e. The molecule has 0 saturated carbocycles. The summed E-state index contributed by atoms with van der Waals surface area (Å²) in [6, 6.07) is 4.79. The maximum atomic E-state index is 13.4. The van der Waals surface area contributed by atoms with Crippen LogP contribution in [-0.4, -0.2) is 18.0 Å². The highest BCUT2D eigenvalue weighted by Gasteiger charge is 2.20. The first kappa shape index (κ1) is 9.27. The SMILES string of the molecule is CC(O)C(F)c1ccc2c(c1)OCO2. The Balaban J connectivity index is 2.28. The van der Waals surface area contributed by atoms with E-state index in [1.165, 1.54) is 6.92 Å². The van der Waals surface area contributed by atoms with Gasteiger partial charge in [-0.2, -0.15) is 0 Å². The van der Waals surface area contributed by atoms with E-state index in [2.05, 4.69) is 0 Å². The first-order valence-corrected chi connectivity index (χ1v) is 4.40. The molecule has 1 aromatic rings. The molecule has 0 radical (unpaired) electrons. The van der Waals surface area contributed by atoms with Crippen molar-refractivity contribution in [1.82, 2.24) is 0 Å². The predicted molar refractivity (Wildman–Crippen MR) is 48.1 cm³/mol. The summed E-state index contributed by atoms with van der Waals surface area (Å²) in [5.74, 6) is 1.15. The second-order valence-electron chi connectivity index (χ2n) is 3.26. The monoisotopic (exact) mass is 198 g/mol. The second-order valence-corrected chi connectivity index (χ2v) is 3.26. The summed E-state index contributed by atoms with van der Waals surface area (Å²) >= 11 is 0. The minimum atomic E-state index is -1.38. The fraction of sp³-hybridized carbons (Fsp3) is 0.400. The number of halogens is 1. The molecule has 3 nitrogen and oxygen atoms in total. The van der Waals surface area contributed by atoms with Crippen molar-refractivity contribution in [2.24, 2.45) is 0 Å². The van der Waals surface area contributed by atoms with E-state index in [1.54, 1.807) is 18.2 Å². The van der Waals surface area contributed by atoms with Crippen molar-refractivity contribution in [2.45, 2.75) is 19.2 Å². The van der Waals surface area contributed by atoms with E-state index in [1.807, 2.05) is 0 Å². The standard InChI is InChI=1S/C10H11FO3/c1-6(12)10(11)7-2-3-8-9(4-7)14-5-13-8/h2-4,6,10,12H,5H2,1H3. The summed E-state index contributed by atoms with van der Waals surface area (Å²) in [5, 5.41) is 9.08. The van der Waals surface area contributed by atoms with Crippen LogP contribution in [0.25, 0.3) is 0 Å². The third-order valence-electron chi connectivity index (χ3n) is 2.14. The van der Waals surface area contributed by atoms with Gasteiger partial charge in [-0.15, -0.1) is 0 Å². The maximum absolute atomic E-state index is 13.4. The Bertz CT molecular complexity index is 338. The first-order chi connectivity index (χ1) is 6.68. The normalized spacial score (nSPS) is 17.9. The Kier molecular flexibility index (Phi) is 2.29. The molecule has 1 aliphatic rings. The van der Waals surface area contributed by atoms with Gasteiger partial charge in [0.2, 0.25) is 6.79 Å². The number of benzene rings is 1. The zero-order chi connectivity index (χ0) is 10.1. The Morgan fingerprint density at radius 2 is 2.07 bits per heavy atom. The van der Waals surface area contributed by atoms with Gasteiger partial charge in [-0.3, -0.25) is 0 Å². The van der Waals surface area contributed by atoms with Gasteiger partial charge in [0.05, 0.1) is 6.10 Å². The van der Waals surface area contributed by atoms with Crippen LogP contribution >= 0.6 is 0 Å². The molecule has 0 spiro atoms. The molecule has 0 bridgehead atoms. The number of ether oxygens (including phenoxy) is 2. The van der Waals surface area contributed by atoms with Crippen molar-refractivity contribution in [3.8, 4) is 11.5 Å². The summed E-state index contributed by atoms with van der Waals surface area (Å²) in [7, 11) is 0. The molecule has 14 heavy (non-hydrogen) atoms. The van der Waals surface area contributed by atoms with E-state index in [0.29, 0.717) is 17.1 Å². The van der Waals surface area contributed by atoms with Crippen LogP contribution in [0.15, 0.2) is 18.2 Å². The third kappa shape index (κ3) is 1.53. The molecule has 76 valence electrons. The average molecular weight is 198 g/mol. The lowest BCUT2D eigenvalue weighted by molar-refractivity contribution is 0.0932. The Morgan fingerprint density at radius 3 is 2.79 bits per heavy atom. The summed E-state index contributed by atoms with van der Waals surface area (Å²) in [4.78, 5) is 0. The van der Waals surface area contributed by atoms with Crippen LogP contribution in [0.5, 0.6) is 11.5 Å². The highest BCUT2D eigenvalue weighted by atomic mass is 19.1. The zero-order valence-corrected chi connectivity index (χ0v) is 7.74. The van der Waals surface area contributed by atoms with Crippen LogP contribution in [0.3, 0.4) is 0 Å². The van der Waals surface area contributed by atoms with Crippen LogP contribution in [0.1, 0.15) is 18.7 Å². The Morgan fingerprint density at radius 1 is 1.36 bits per heavy atom. The van der Waals surface area contributed by atoms with Crippen LogP contribution in [0.4, 0.5) is 4.39 Å². The van der Waals surface area contributed by atoms with Crippen LogP contribution in [-0.2, 0) is 0 Å². The molecule has 1 heterocycles. The van der Waals surface area contributed by atoms with Gasteiger partial charge >= 0.3 is 0 Å². The number of fused-ring (bicyclic) bond motifs is 1. The molecule has 1 aromatic carbocycles. The number of rotatable bonds is 2. The lowest BCUT2D eigenvalue weighted by atomic mass is 10.1. The number of aliphatic hydroxyl groups excluding tert-OH is 1. The highest BCUT2D eigenvalue weighted by molar-refractivity contribution is 5.45. The molecule has 0 aliphatic carbocycles. The summed E-state index contributed by atoms with van der Waals surface area (Å²) in [5.41, 5.74) is 0.407. The molecule has 2 unspecified atom stereocenters. The Hall–Kier alpha value is -1.29. The van der Waals surface area contributed by atoms with Crippen molar-refractivity contribution in [1.29, 1.82) is 0 Å². The second kappa shape index (κ2) is 3.46. The van der Waals surface area contributed by atoms with E-state index < -0.39 is 12.3 Å². The summed E-state index contributed by atoms with van der Waals surface area (Å²) < 4.78 is 23.6. The topological polar surface area (TPSA) is 38.7 Å². The lowest BCUT2D eigenvalue weighted by Crippen LogP contribution is -2.09. The van der Waals surface area contributed by atoms with E-state index in [0.717, 1.165) is 0 Å². The molecular formula is C10H11FO3. The number of hydrogen-bond donors (Lipinski definition) is 1. The number of aliphatic hydroxyl groups is 1. The molecule has 1 aliphatic heterocycles. The fourth-order valence-corrected chi connectivity index (χ4v) is 1.36. The molecule has 0 aromatic heterocycles. The predicted octanol–water partition coefficient (Wildman–Crippen LogP) is 1.81. The quantitative estimate of drug-likeness (QED) is 0.787. The van der Waals surface area contributed by atoms with Gasteiger partial charge in [0.25, 0.3) is 0 Å². The molecule has 1 N–H and O–H groups in total.